The van der Waals surface area contributed by atoms with Crippen molar-refractivity contribution in [2.75, 3.05) is 20.3 Å². The van der Waals surface area contributed by atoms with E-state index >= 15 is 0 Å². The molecule has 1 N–H and O–H groups in total. The summed E-state index contributed by atoms with van der Waals surface area (Å²) in [6.45, 7) is 2.74. The first-order chi connectivity index (χ1) is 13.1. The molecular formula is C22H26N2O3. The summed E-state index contributed by atoms with van der Waals surface area (Å²) in [5.74, 6) is -0.239. The molecule has 1 unspecified atom stereocenters. The normalized spacial score (nSPS) is 35.5. The number of aryl methyl sites for hydroxylation is 1. The Morgan fingerprint density at radius 2 is 2.19 bits per heavy atom. The highest BCUT2D eigenvalue weighted by molar-refractivity contribution is 5.87. The van der Waals surface area contributed by atoms with Crippen LogP contribution in [0.4, 0.5) is 0 Å². The SMILES string of the molecule is C/C=C1/CN2[C@H]3Cc4c(n(C)c5ccccc45)[C@@H]2C[C@@H]1[C@]3(CO)C(=O)OC. The summed E-state index contributed by atoms with van der Waals surface area (Å²) in [5, 5.41) is 11.8. The van der Waals surface area contributed by atoms with E-state index in [1.165, 1.54) is 34.8 Å². The number of aliphatic hydroxyl groups is 1. The van der Waals surface area contributed by atoms with Crippen molar-refractivity contribution in [3.05, 3.63) is 47.2 Å². The smallest absolute Gasteiger partial charge is 0.316 e. The molecule has 5 atom stereocenters. The van der Waals surface area contributed by atoms with Gasteiger partial charge in [-0.25, -0.2) is 0 Å². The monoisotopic (exact) mass is 366 g/mol. The Labute approximate surface area is 159 Å². The lowest BCUT2D eigenvalue weighted by molar-refractivity contribution is -0.183. The summed E-state index contributed by atoms with van der Waals surface area (Å²) >= 11 is 0. The van der Waals surface area contributed by atoms with E-state index in [2.05, 4.69) is 46.9 Å². The summed E-state index contributed by atoms with van der Waals surface area (Å²) in [4.78, 5) is 15.5. The molecule has 142 valence electrons. The number of carbonyl (C=O) groups is 1. The van der Waals surface area contributed by atoms with Crippen LogP contribution in [0.15, 0.2) is 35.9 Å². The van der Waals surface area contributed by atoms with Crippen LogP contribution in [0.2, 0.25) is 0 Å². The topological polar surface area (TPSA) is 54.7 Å². The van der Waals surface area contributed by atoms with Crippen LogP contribution in [-0.4, -0.2) is 46.8 Å². The Morgan fingerprint density at radius 1 is 1.41 bits per heavy atom. The minimum absolute atomic E-state index is 0.0271. The third-order valence-corrected chi connectivity index (χ3v) is 7.46. The van der Waals surface area contributed by atoms with Crippen molar-refractivity contribution in [3.63, 3.8) is 0 Å². The molecule has 4 aliphatic heterocycles. The number of aliphatic hydroxyl groups excluding tert-OH is 1. The second-order valence-corrected chi connectivity index (χ2v) is 8.19. The molecule has 1 aromatic carbocycles. The molecular weight excluding hydrogens is 340 g/mol. The Morgan fingerprint density at radius 3 is 2.89 bits per heavy atom. The molecule has 5 heteroatoms. The lowest BCUT2D eigenvalue weighted by atomic mass is 9.55. The van der Waals surface area contributed by atoms with E-state index in [1.54, 1.807) is 0 Å². The quantitative estimate of drug-likeness (QED) is 0.656. The van der Waals surface area contributed by atoms with Gasteiger partial charge in [-0.15, -0.1) is 0 Å². The minimum atomic E-state index is -0.875. The van der Waals surface area contributed by atoms with Gasteiger partial charge in [0, 0.05) is 42.1 Å². The summed E-state index contributed by atoms with van der Waals surface area (Å²) in [6, 6.07) is 8.77. The average Bonchev–Trinajstić information content (AvgIpc) is 3.00. The van der Waals surface area contributed by atoms with Crippen LogP contribution in [-0.2, 0) is 23.0 Å². The lowest BCUT2D eigenvalue weighted by Gasteiger charge is -2.62. The second-order valence-electron chi connectivity index (χ2n) is 8.19. The summed E-state index contributed by atoms with van der Waals surface area (Å²) in [6.07, 6.45) is 3.75. The molecule has 0 spiro atoms. The van der Waals surface area contributed by atoms with Crippen LogP contribution < -0.4 is 0 Å². The summed E-state index contributed by atoms with van der Waals surface area (Å²) in [5.41, 5.74) is 4.34. The molecule has 5 heterocycles. The molecule has 5 nitrogen and oxygen atoms in total. The van der Waals surface area contributed by atoms with Gasteiger partial charge >= 0.3 is 5.97 Å². The van der Waals surface area contributed by atoms with Crippen molar-refractivity contribution in [2.45, 2.75) is 31.8 Å². The Kier molecular flexibility index (Phi) is 3.59. The fraction of sp³-hybridized carbons (Fsp3) is 0.500. The maximum atomic E-state index is 13.0. The zero-order chi connectivity index (χ0) is 18.9. The van der Waals surface area contributed by atoms with E-state index in [4.69, 9.17) is 4.74 Å². The number of benzene rings is 1. The molecule has 0 aliphatic carbocycles. The fourth-order valence-electron chi connectivity index (χ4n) is 6.27. The average molecular weight is 366 g/mol. The number of aromatic nitrogens is 1. The van der Waals surface area contributed by atoms with E-state index in [-0.39, 0.29) is 30.6 Å². The van der Waals surface area contributed by atoms with Crippen molar-refractivity contribution < 1.29 is 14.6 Å². The van der Waals surface area contributed by atoms with Gasteiger partial charge in [-0.3, -0.25) is 9.69 Å². The molecule has 4 aliphatic rings. The highest BCUT2D eigenvalue weighted by atomic mass is 16.5. The van der Waals surface area contributed by atoms with Crippen molar-refractivity contribution in [1.29, 1.82) is 0 Å². The third-order valence-electron chi connectivity index (χ3n) is 7.46. The van der Waals surface area contributed by atoms with Gasteiger partial charge in [-0.2, -0.15) is 0 Å². The number of ether oxygens (including phenoxy) is 1. The first-order valence-electron chi connectivity index (χ1n) is 9.74. The Balaban J connectivity index is 1.76. The van der Waals surface area contributed by atoms with Crippen LogP contribution >= 0.6 is 0 Å². The zero-order valence-electron chi connectivity index (χ0n) is 16.1. The predicted molar refractivity (Wildman–Crippen MR) is 103 cm³/mol. The fourth-order valence-corrected chi connectivity index (χ4v) is 6.27. The molecule has 3 saturated heterocycles. The van der Waals surface area contributed by atoms with Crippen LogP contribution in [0, 0.1) is 11.3 Å². The van der Waals surface area contributed by atoms with Crippen molar-refractivity contribution in [1.82, 2.24) is 9.47 Å². The molecule has 0 radical (unpaired) electrons. The van der Waals surface area contributed by atoms with Crippen molar-refractivity contribution in [3.8, 4) is 0 Å². The number of hydrogen-bond acceptors (Lipinski definition) is 4. The maximum absolute atomic E-state index is 13.0. The van der Waals surface area contributed by atoms with Gasteiger partial charge in [0.1, 0.15) is 5.41 Å². The standard InChI is InChI=1S/C22H26N2O3/c1-4-13-11-24-18-10-16(13)22(12-25,21(26)27-3)19(24)9-15-14-7-5-6-8-17(14)23(2)20(15)18/h4-8,16,18-19,25H,9-12H2,1-3H3/b13-4-/t16-,18-,19-,22-/m0/s1. The number of para-hydroxylation sites is 1. The third kappa shape index (κ3) is 1.89. The molecule has 4 bridgehead atoms. The van der Waals surface area contributed by atoms with Crippen LogP contribution in [0.3, 0.4) is 0 Å². The van der Waals surface area contributed by atoms with E-state index in [1.807, 2.05) is 6.92 Å². The largest absolute Gasteiger partial charge is 0.468 e. The van der Waals surface area contributed by atoms with Crippen LogP contribution in [0.1, 0.15) is 30.6 Å². The zero-order valence-corrected chi connectivity index (χ0v) is 16.1. The summed E-state index contributed by atoms with van der Waals surface area (Å²) < 4.78 is 7.58. The molecule has 27 heavy (non-hydrogen) atoms. The van der Waals surface area contributed by atoms with Crippen LogP contribution in [0.25, 0.3) is 10.9 Å². The predicted octanol–water partition coefficient (Wildman–Crippen LogP) is 2.58. The number of fused-ring (bicyclic) bond motifs is 4. The molecule has 0 amide bonds. The molecule has 2 aromatic rings. The molecule has 3 fully saturated rings. The van der Waals surface area contributed by atoms with Gasteiger partial charge in [0.25, 0.3) is 0 Å². The van der Waals surface area contributed by atoms with Gasteiger partial charge in [0.2, 0.25) is 0 Å². The number of carbonyl (C=O) groups excluding carboxylic acids is 1. The number of piperidine rings is 3. The molecule has 0 saturated carbocycles. The number of nitrogens with zero attached hydrogens (tertiary/aromatic N) is 2. The number of esters is 1. The number of methoxy groups -OCH3 is 1. The maximum Gasteiger partial charge on any atom is 0.316 e. The van der Waals surface area contributed by atoms with E-state index in [0.29, 0.717) is 0 Å². The first kappa shape index (κ1) is 17.0. The van der Waals surface area contributed by atoms with Gasteiger partial charge in [-0.05, 0) is 31.4 Å². The minimum Gasteiger partial charge on any atom is -0.468 e. The van der Waals surface area contributed by atoms with Gasteiger partial charge in [-0.1, -0.05) is 29.8 Å². The number of hydrogen-bond donors (Lipinski definition) is 1. The van der Waals surface area contributed by atoms with E-state index in [9.17, 15) is 9.90 Å². The highest BCUT2D eigenvalue weighted by Gasteiger charge is 2.65. The summed E-state index contributed by atoms with van der Waals surface area (Å²) in [7, 11) is 3.59. The van der Waals surface area contributed by atoms with E-state index in [0.717, 1.165) is 19.4 Å². The molecule has 1 aromatic heterocycles. The van der Waals surface area contributed by atoms with Gasteiger partial charge in [0.15, 0.2) is 0 Å². The Bertz CT molecular complexity index is 975. The molecule has 6 rings (SSSR count). The first-order valence-corrected chi connectivity index (χ1v) is 9.74. The van der Waals surface area contributed by atoms with Crippen LogP contribution in [0.5, 0.6) is 0 Å². The Hall–Kier alpha value is -2.11. The highest BCUT2D eigenvalue weighted by Crippen LogP contribution is 2.60. The number of rotatable bonds is 2. The van der Waals surface area contributed by atoms with Crippen molar-refractivity contribution >= 4 is 16.9 Å². The number of allylic oxidation sites excluding steroid dienone is 1. The van der Waals surface area contributed by atoms with Gasteiger partial charge in [0.05, 0.1) is 19.8 Å². The van der Waals surface area contributed by atoms with E-state index < -0.39 is 5.41 Å². The second kappa shape index (κ2) is 5.69. The van der Waals surface area contributed by atoms with Crippen molar-refractivity contribution in [2.24, 2.45) is 18.4 Å². The van der Waals surface area contributed by atoms with Gasteiger partial charge < -0.3 is 14.4 Å². The lowest BCUT2D eigenvalue weighted by Crippen LogP contribution is -2.69.